The molecule has 0 amide bonds. The van der Waals surface area contributed by atoms with E-state index in [0.29, 0.717) is 29.8 Å². The summed E-state index contributed by atoms with van der Waals surface area (Å²) >= 11 is 0. The van der Waals surface area contributed by atoms with Crippen LogP contribution in [0.25, 0.3) is 0 Å². The van der Waals surface area contributed by atoms with Crippen LogP contribution in [0.2, 0.25) is 0 Å². The van der Waals surface area contributed by atoms with Gasteiger partial charge in [-0.25, -0.2) is 0 Å². The fourth-order valence-electron chi connectivity index (χ4n) is 7.80. The van der Waals surface area contributed by atoms with E-state index in [1.807, 2.05) is 6.07 Å². The Kier molecular flexibility index (Phi) is 9.46. The Labute approximate surface area is 290 Å². The number of fused-ring (bicyclic) bond motifs is 2. The molecule has 258 valence electrons. The van der Waals surface area contributed by atoms with Crippen LogP contribution < -0.4 is 29.0 Å². The Bertz CT molecular complexity index is 1820. The van der Waals surface area contributed by atoms with Crippen molar-refractivity contribution in [3.8, 4) is 40.2 Å². The molecule has 4 aliphatic rings. The lowest BCUT2D eigenvalue weighted by Gasteiger charge is -2.38. The normalized spacial score (nSPS) is 18.9. The van der Waals surface area contributed by atoms with Gasteiger partial charge in [0.2, 0.25) is 5.75 Å². The molecule has 0 saturated heterocycles. The van der Waals surface area contributed by atoms with Gasteiger partial charge in [-0.15, -0.1) is 0 Å². The molecule has 0 fully saturated rings. The Hall–Kier alpha value is -4.24. The summed E-state index contributed by atoms with van der Waals surface area (Å²) < 4.78 is 31.8. The van der Waals surface area contributed by atoms with Crippen molar-refractivity contribution in [1.29, 1.82) is 0 Å². The zero-order valence-electron chi connectivity index (χ0n) is 29.9. The average molecular weight is 664 g/mol. The maximum atomic E-state index is 7.09. The highest BCUT2D eigenvalue weighted by molar-refractivity contribution is 5.67. The minimum absolute atomic E-state index is 0.00674. The Morgan fingerprint density at radius 2 is 1.45 bits per heavy atom. The number of nitrogens with zero attached hydrogens (tertiary/aromatic N) is 2. The number of likely N-dealkylation sites (N-methyl/N-ethyl adjacent to an activating group) is 2. The highest BCUT2D eigenvalue weighted by Crippen LogP contribution is 2.53. The molecule has 2 atom stereocenters. The molecule has 0 aliphatic carbocycles. The van der Waals surface area contributed by atoms with Gasteiger partial charge < -0.3 is 29.0 Å². The number of hydrogen-bond acceptors (Lipinski definition) is 8. The molecule has 8 nitrogen and oxygen atoms in total. The number of methoxy groups -OCH3 is 3. The minimum atomic E-state index is 0.00674. The highest BCUT2D eigenvalue weighted by Gasteiger charge is 2.36. The van der Waals surface area contributed by atoms with Crippen molar-refractivity contribution in [2.75, 3.05) is 48.5 Å². The van der Waals surface area contributed by atoms with Crippen molar-refractivity contribution in [2.24, 2.45) is 0 Å². The van der Waals surface area contributed by atoms with E-state index in [1.54, 1.807) is 21.3 Å². The van der Waals surface area contributed by atoms with Crippen LogP contribution in [0.5, 0.6) is 40.2 Å². The van der Waals surface area contributed by atoms with Gasteiger partial charge in [0.15, 0.2) is 23.0 Å². The number of nitrogens with one attached hydrogen (secondary N) is 1. The average Bonchev–Trinajstić information content (AvgIpc) is 3.10. The van der Waals surface area contributed by atoms with Crippen LogP contribution >= 0.6 is 0 Å². The topological polar surface area (TPSA) is 64.7 Å². The first-order chi connectivity index (χ1) is 23.8. The molecule has 0 aromatic heterocycles. The first kappa shape index (κ1) is 33.3. The SMILES string of the molecule is COc1ccc2cc1Oc1ccc(cc1)C[C@H]1c3cc(ccc3CCN1C)Oc1c(OC)c(OC)c(CNC(C)C)c3c1[C@H](C2)N(C)CC3. The maximum Gasteiger partial charge on any atom is 0.204 e. The summed E-state index contributed by atoms with van der Waals surface area (Å²) in [5.41, 5.74) is 8.60. The lowest BCUT2D eigenvalue weighted by Crippen LogP contribution is -2.35. The predicted molar refractivity (Wildman–Crippen MR) is 193 cm³/mol. The lowest BCUT2D eigenvalue weighted by atomic mass is 9.84. The van der Waals surface area contributed by atoms with Gasteiger partial charge in [0.25, 0.3) is 0 Å². The van der Waals surface area contributed by atoms with E-state index in [4.69, 9.17) is 23.7 Å². The zero-order chi connectivity index (χ0) is 34.2. The van der Waals surface area contributed by atoms with E-state index in [0.717, 1.165) is 78.5 Å². The first-order valence-electron chi connectivity index (χ1n) is 17.5. The van der Waals surface area contributed by atoms with Crippen molar-refractivity contribution in [3.05, 3.63) is 99.6 Å². The Morgan fingerprint density at radius 3 is 2.18 bits per heavy atom. The molecule has 6 bridgehead atoms. The van der Waals surface area contributed by atoms with Crippen LogP contribution in [0.3, 0.4) is 0 Å². The standard InChI is InChI=1S/C41H49N3O5/c1-25(2)42-24-33-31-17-19-44(4)35-21-27-10-15-36(45-5)37(22-27)48-29-12-8-26(9-13-29)20-34-32-23-30(14-11-28(32)16-18-43(34)3)49-40(38(31)35)41(47-7)39(33)46-6/h8-15,22-23,25,34-35,42H,16-21,24H2,1-7H3/t34-,35-/m0/s1. The Morgan fingerprint density at radius 1 is 0.755 bits per heavy atom. The smallest absolute Gasteiger partial charge is 0.204 e. The third-order valence-corrected chi connectivity index (χ3v) is 10.5. The number of hydrogen-bond donors (Lipinski definition) is 1. The maximum absolute atomic E-state index is 7.09. The fourth-order valence-corrected chi connectivity index (χ4v) is 7.80. The van der Waals surface area contributed by atoms with Gasteiger partial charge in [-0.2, -0.15) is 0 Å². The molecule has 4 aromatic carbocycles. The van der Waals surface area contributed by atoms with Gasteiger partial charge in [-0.1, -0.05) is 38.1 Å². The van der Waals surface area contributed by atoms with Crippen LogP contribution in [0, 0.1) is 0 Å². The summed E-state index contributed by atoms with van der Waals surface area (Å²) in [6, 6.07) is 21.9. The first-order valence-corrected chi connectivity index (χ1v) is 17.5. The van der Waals surface area contributed by atoms with Crippen LogP contribution in [-0.4, -0.2) is 64.4 Å². The van der Waals surface area contributed by atoms with Gasteiger partial charge in [-0.3, -0.25) is 9.80 Å². The van der Waals surface area contributed by atoms with E-state index in [-0.39, 0.29) is 12.1 Å². The van der Waals surface area contributed by atoms with Crippen LogP contribution in [0.1, 0.15) is 64.9 Å². The molecule has 4 heterocycles. The highest BCUT2D eigenvalue weighted by atomic mass is 16.5. The van der Waals surface area contributed by atoms with Crippen molar-refractivity contribution >= 4 is 0 Å². The van der Waals surface area contributed by atoms with Gasteiger partial charge in [0.1, 0.15) is 11.5 Å². The second kappa shape index (κ2) is 13.9. The third-order valence-electron chi connectivity index (χ3n) is 10.5. The molecule has 4 aliphatic heterocycles. The van der Waals surface area contributed by atoms with E-state index < -0.39 is 0 Å². The van der Waals surface area contributed by atoms with E-state index in [9.17, 15) is 0 Å². The zero-order valence-corrected chi connectivity index (χ0v) is 29.9. The van der Waals surface area contributed by atoms with E-state index >= 15 is 0 Å². The molecule has 0 unspecified atom stereocenters. The van der Waals surface area contributed by atoms with Gasteiger partial charge in [-0.05, 0) is 104 Å². The second-order valence-electron chi connectivity index (χ2n) is 13.9. The summed E-state index contributed by atoms with van der Waals surface area (Å²) in [6.45, 7) is 6.92. The van der Waals surface area contributed by atoms with Crippen LogP contribution in [0.4, 0.5) is 0 Å². The molecular formula is C41H49N3O5. The molecule has 0 saturated carbocycles. The van der Waals surface area contributed by atoms with Crippen molar-refractivity contribution in [1.82, 2.24) is 15.1 Å². The monoisotopic (exact) mass is 663 g/mol. The van der Waals surface area contributed by atoms with E-state index in [2.05, 4.69) is 97.7 Å². The molecule has 0 radical (unpaired) electrons. The predicted octanol–water partition coefficient (Wildman–Crippen LogP) is 7.65. The summed E-state index contributed by atoms with van der Waals surface area (Å²) in [7, 11) is 9.56. The van der Waals surface area contributed by atoms with Gasteiger partial charge in [0, 0.05) is 48.9 Å². The lowest BCUT2D eigenvalue weighted by molar-refractivity contribution is 0.220. The molecule has 8 heteroatoms. The van der Waals surface area contributed by atoms with Crippen molar-refractivity contribution < 1.29 is 23.7 Å². The molecular weight excluding hydrogens is 614 g/mol. The minimum Gasteiger partial charge on any atom is -0.493 e. The number of rotatable bonds is 6. The fraction of sp³-hybridized carbons (Fsp3) is 0.415. The summed E-state index contributed by atoms with van der Waals surface area (Å²) in [4.78, 5) is 4.89. The molecule has 0 spiro atoms. The van der Waals surface area contributed by atoms with Gasteiger partial charge in [0.05, 0.1) is 21.3 Å². The third kappa shape index (κ3) is 6.45. The van der Waals surface area contributed by atoms with Crippen molar-refractivity contribution in [3.63, 3.8) is 0 Å². The Balaban J connectivity index is 1.46. The largest absolute Gasteiger partial charge is 0.493 e. The molecule has 1 N–H and O–H groups in total. The van der Waals surface area contributed by atoms with Gasteiger partial charge >= 0.3 is 0 Å². The quantitative estimate of drug-likeness (QED) is 0.226. The number of ether oxygens (including phenoxy) is 5. The second-order valence-corrected chi connectivity index (χ2v) is 13.9. The number of benzene rings is 4. The van der Waals surface area contributed by atoms with Crippen LogP contribution in [-0.2, 0) is 32.2 Å². The summed E-state index contributed by atoms with van der Waals surface area (Å²) in [6.07, 6.45) is 3.50. The summed E-state index contributed by atoms with van der Waals surface area (Å²) in [5, 5.41) is 3.65. The molecule has 4 aromatic rings. The molecule has 8 rings (SSSR count). The summed E-state index contributed by atoms with van der Waals surface area (Å²) in [5.74, 6) is 5.07. The van der Waals surface area contributed by atoms with Crippen LogP contribution in [0.15, 0.2) is 60.7 Å². The van der Waals surface area contributed by atoms with Crippen molar-refractivity contribution in [2.45, 2.75) is 64.2 Å². The van der Waals surface area contributed by atoms with E-state index in [1.165, 1.54) is 22.3 Å². The molecule has 49 heavy (non-hydrogen) atoms.